The predicted octanol–water partition coefficient (Wildman–Crippen LogP) is 10.4. The van der Waals surface area contributed by atoms with Crippen molar-refractivity contribution in [2.75, 3.05) is 0 Å². The minimum absolute atomic E-state index is 0.593. The molecule has 2 nitrogen and oxygen atoms in total. The molecule has 0 aliphatic heterocycles. The van der Waals surface area contributed by atoms with E-state index < -0.39 is 0 Å². The van der Waals surface area contributed by atoms with Crippen LogP contribution in [-0.2, 0) is 0 Å². The summed E-state index contributed by atoms with van der Waals surface area (Å²) in [6.07, 6.45) is 31.9. The van der Waals surface area contributed by atoms with Crippen LogP contribution in [0.3, 0.4) is 0 Å². The summed E-state index contributed by atoms with van der Waals surface area (Å²) in [5.41, 5.74) is 0. The zero-order valence-corrected chi connectivity index (χ0v) is 21.8. The molecule has 0 N–H and O–H groups in total. The van der Waals surface area contributed by atoms with Gasteiger partial charge in [0.05, 0.1) is 0 Å². The first-order valence-corrected chi connectivity index (χ1v) is 14.3. The molecule has 2 unspecified atom stereocenters. The molecule has 0 saturated carbocycles. The molecule has 0 aliphatic rings. The second kappa shape index (κ2) is 19.9. The molecule has 1 aromatic rings. The molecule has 1 rings (SSSR count). The molecule has 182 valence electrons. The van der Waals surface area contributed by atoms with E-state index in [0.717, 1.165) is 0 Å². The van der Waals surface area contributed by atoms with Crippen LogP contribution >= 0.6 is 0 Å². The van der Waals surface area contributed by atoms with Gasteiger partial charge in [-0.05, 0) is 26.2 Å². The lowest BCUT2D eigenvalue weighted by molar-refractivity contribution is 0.414. The molecule has 1 aromatic heterocycles. The van der Waals surface area contributed by atoms with E-state index in [1.807, 2.05) is 0 Å². The van der Waals surface area contributed by atoms with Crippen molar-refractivity contribution in [3.8, 4) is 0 Å². The van der Waals surface area contributed by atoms with Crippen molar-refractivity contribution in [2.45, 2.75) is 168 Å². The normalized spacial score (nSPS) is 13.5. The van der Waals surface area contributed by atoms with Crippen molar-refractivity contribution >= 4 is 0 Å². The first-order valence-electron chi connectivity index (χ1n) is 14.3. The van der Waals surface area contributed by atoms with Crippen molar-refractivity contribution < 1.29 is 0 Å². The van der Waals surface area contributed by atoms with Gasteiger partial charge < -0.3 is 4.57 Å². The minimum atomic E-state index is 0.593. The zero-order valence-electron chi connectivity index (χ0n) is 21.8. The third-order valence-electron chi connectivity index (χ3n) is 7.08. The summed E-state index contributed by atoms with van der Waals surface area (Å²) in [4.78, 5) is 4.90. The van der Waals surface area contributed by atoms with E-state index in [0.29, 0.717) is 12.0 Å². The van der Waals surface area contributed by atoms with Crippen LogP contribution in [0, 0.1) is 0 Å². The van der Waals surface area contributed by atoms with Gasteiger partial charge in [-0.15, -0.1) is 0 Å². The maximum atomic E-state index is 4.90. The summed E-state index contributed by atoms with van der Waals surface area (Å²) < 4.78 is 2.54. The Balaban J connectivity index is 2.47. The van der Waals surface area contributed by atoms with E-state index in [-0.39, 0.29) is 0 Å². The Kier molecular flexibility index (Phi) is 18.1. The van der Waals surface area contributed by atoms with Gasteiger partial charge in [-0.1, -0.05) is 130 Å². The van der Waals surface area contributed by atoms with E-state index in [4.69, 9.17) is 4.98 Å². The molecular formula is C29H56N2. The molecule has 0 bridgehead atoms. The van der Waals surface area contributed by atoms with E-state index in [1.54, 1.807) is 0 Å². The van der Waals surface area contributed by atoms with Gasteiger partial charge in [0.15, 0.2) is 0 Å². The molecule has 2 atom stereocenters. The summed E-state index contributed by atoms with van der Waals surface area (Å²) in [7, 11) is 0. The van der Waals surface area contributed by atoms with Gasteiger partial charge in [0.1, 0.15) is 5.82 Å². The van der Waals surface area contributed by atoms with Gasteiger partial charge in [-0.25, -0.2) is 4.98 Å². The highest BCUT2D eigenvalue weighted by Crippen LogP contribution is 2.30. The molecule has 0 spiro atoms. The number of nitrogens with zero attached hydrogens (tertiary/aromatic N) is 2. The first kappa shape index (κ1) is 28.2. The number of hydrogen-bond acceptors (Lipinski definition) is 1. The topological polar surface area (TPSA) is 17.8 Å². The largest absolute Gasteiger partial charge is 0.332 e. The fraction of sp³-hybridized carbons (Fsp3) is 0.897. The van der Waals surface area contributed by atoms with Gasteiger partial charge in [-0.2, -0.15) is 0 Å². The van der Waals surface area contributed by atoms with Crippen LogP contribution in [0.1, 0.15) is 174 Å². The van der Waals surface area contributed by atoms with Gasteiger partial charge in [0, 0.05) is 24.4 Å². The molecular weight excluding hydrogens is 376 g/mol. The second-order valence-corrected chi connectivity index (χ2v) is 10.1. The number of unbranched alkanes of at least 4 members (excludes halogenated alkanes) is 14. The highest BCUT2D eigenvalue weighted by atomic mass is 15.1. The Morgan fingerprint density at radius 2 is 1.03 bits per heavy atom. The Morgan fingerprint density at radius 3 is 1.58 bits per heavy atom. The Morgan fingerprint density at radius 1 is 0.613 bits per heavy atom. The van der Waals surface area contributed by atoms with Gasteiger partial charge in [0.25, 0.3) is 0 Å². The molecule has 0 saturated heterocycles. The summed E-state index contributed by atoms with van der Waals surface area (Å²) in [6, 6.07) is 0.593. The molecule has 0 fully saturated rings. The Bertz CT molecular complexity index is 493. The second-order valence-electron chi connectivity index (χ2n) is 10.1. The predicted molar refractivity (Wildman–Crippen MR) is 139 cm³/mol. The standard InChI is InChI=1S/C29H56N2/c1-5-8-11-13-15-17-20-22-27(4)31-26-25-30-29(31)28(23-19-10-7-3)24-21-18-16-14-12-9-6-2/h25-28H,5-24H2,1-4H3. The number of rotatable bonds is 22. The van der Waals surface area contributed by atoms with Crippen LogP contribution in [0.5, 0.6) is 0 Å². The fourth-order valence-electron chi connectivity index (χ4n) is 4.94. The first-order chi connectivity index (χ1) is 15.2. The lowest BCUT2D eigenvalue weighted by atomic mass is 9.93. The Hall–Kier alpha value is -0.790. The van der Waals surface area contributed by atoms with Crippen LogP contribution in [0.25, 0.3) is 0 Å². The highest BCUT2D eigenvalue weighted by Gasteiger charge is 2.19. The Labute approximate surface area is 196 Å². The van der Waals surface area contributed by atoms with E-state index in [9.17, 15) is 0 Å². The van der Waals surface area contributed by atoms with Crippen LogP contribution in [0.2, 0.25) is 0 Å². The SMILES string of the molecule is CCCCCCCCCC(CCCCC)c1nccn1C(C)CCCCCCCCC. The summed E-state index contributed by atoms with van der Waals surface area (Å²) in [5.74, 6) is 2.05. The zero-order chi connectivity index (χ0) is 22.6. The van der Waals surface area contributed by atoms with Crippen LogP contribution in [0.15, 0.2) is 12.4 Å². The van der Waals surface area contributed by atoms with E-state index in [1.165, 1.54) is 134 Å². The van der Waals surface area contributed by atoms with Crippen molar-refractivity contribution in [3.05, 3.63) is 18.2 Å². The number of hydrogen-bond donors (Lipinski definition) is 0. The molecule has 0 aromatic carbocycles. The maximum Gasteiger partial charge on any atom is 0.111 e. The molecule has 31 heavy (non-hydrogen) atoms. The lowest BCUT2D eigenvalue weighted by Crippen LogP contribution is -2.13. The van der Waals surface area contributed by atoms with Crippen LogP contribution in [-0.4, -0.2) is 9.55 Å². The summed E-state index contributed by atoms with van der Waals surface area (Å²) in [5, 5.41) is 0. The monoisotopic (exact) mass is 432 g/mol. The molecule has 1 heterocycles. The van der Waals surface area contributed by atoms with E-state index in [2.05, 4.69) is 44.7 Å². The van der Waals surface area contributed by atoms with Crippen molar-refractivity contribution in [2.24, 2.45) is 0 Å². The van der Waals surface area contributed by atoms with Gasteiger partial charge in [-0.3, -0.25) is 0 Å². The highest BCUT2D eigenvalue weighted by molar-refractivity contribution is 5.02. The average Bonchev–Trinajstić information content (AvgIpc) is 3.26. The average molecular weight is 433 g/mol. The van der Waals surface area contributed by atoms with Crippen LogP contribution < -0.4 is 0 Å². The van der Waals surface area contributed by atoms with Gasteiger partial charge >= 0.3 is 0 Å². The molecule has 0 aliphatic carbocycles. The molecule has 0 radical (unpaired) electrons. The minimum Gasteiger partial charge on any atom is -0.332 e. The summed E-state index contributed by atoms with van der Waals surface area (Å²) in [6.45, 7) is 9.33. The molecule has 2 heteroatoms. The quantitative estimate of drug-likeness (QED) is 0.167. The number of aromatic nitrogens is 2. The summed E-state index contributed by atoms with van der Waals surface area (Å²) >= 11 is 0. The van der Waals surface area contributed by atoms with Gasteiger partial charge in [0.2, 0.25) is 0 Å². The van der Waals surface area contributed by atoms with Crippen molar-refractivity contribution in [1.29, 1.82) is 0 Å². The van der Waals surface area contributed by atoms with Crippen LogP contribution in [0.4, 0.5) is 0 Å². The third kappa shape index (κ3) is 13.4. The lowest BCUT2D eigenvalue weighted by Gasteiger charge is -2.22. The maximum absolute atomic E-state index is 4.90. The molecule has 0 amide bonds. The van der Waals surface area contributed by atoms with E-state index >= 15 is 0 Å². The fourth-order valence-corrected chi connectivity index (χ4v) is 4.94. The van der Waals surface area contributed by atoms with Crippen molar-refractivity contribution in [1.82, 2.24) is 9.55 Å². The number of imidazole rings is 1. The third-order valence-corrected chi connectivity index (χ3v) is 7.08. The smallest absolute Gasteiger partial charge is 0.111 e. The van der Waals surface area contributed by atoms with Crippen molar-refractivity contribution in [3.63, 3.8) is 0 Å².